The van der Waals surface area contributed by atoms with Gasteiger partial charge in [-0.1, -0.05) is 0 Å². The maximum Gasteiger partial charge on any atom is 0.490 e. The molecule has 718 valence electrons. The molecule has 0 radical (unpaired) electrons. The van der Waals surface area contributed by atoms with Crippen molar-refractivity contribution in [1.29, 1.82) is 0 Å². The molecule has 2 heterocycles. The lowest BCUT2D eigenvalue weighted by Gasteiger charge is -2.22. The smallest absolute Gasteiger partial charge is 0.475 e. The number of carbonyl (C=O) groups excluding carboxylic acids is 24. The Morgan fingerprint density at radius 1 is 0.339 bits per heavy atom. The molecule has 52 heteroatoms. The minimum atomic E-state index is -5.08. The van der Waals surface area contributed by atoms with Gasteiger partial charge in [0.25, 0.3) is 23.6 Å². The molecule has 0 aromatic rings. The van der Waals surface area contributed by atoms with E-state index in [0.29, 0.717) is 23.2 Å². The molecule has 0 saturated carbocycles. The monoisotopic (exact) mass is 1830 g/mol. The van der Waals surface area contributed by atoms with E-state index in [4.69, 9.17) is 40.3 Å². The number of aliphatic carboxylic acids is 1. The summed E-state index contributed by atoms with van der Waals surface area (Å²) in [6, 6.07) is 0. The number of esters is 6. The maximum atomic E-state index is 12.8. The summed E-state index contributed by atoms with van der Waals surface area (Å²) in [5.74, 6) is -18.7. The number of rotatable bonds is 43. The number of amides is 13. The lowest BCUT2D eigenvalue weighted by molar-refractivity contribution is -0.198. The molecular weight excluding hydrogens is 1720 g/mol. The van der Waals surface area contributed by atoms with Crippen molar-refractivity contribution in [2.75, 3.05) is 127 Å². The fraction of sp³-hybridized carbons (Fsp3) is 0.667. The number of alkyl halides is 3. The van der Waals surface area contributed by atoms with Crippen LogP contribution in [0.5, 0.6) is 0 Å². The fourth-order valence-corrected chi connectivity index (χ4v) is 8.65. The first kappa shape index (κ1) is 118. The molecule has 2 saturated heterocycles. The summed E-state index contributed by atoms with van der Waals surface area (Å²) in [4.78, 5) is 309. The summed E-state index contributed by atoms with van der Waals surface area (Å²) in [6.07, 6.45) is -9.28. The van der Waals surface area contributed by atoms with Crippen LogP contribution in [0.15, 0.2) is 0 Å². The number of ketones is 3. The van der Waals surface area contributed by atoms with Crippen LogP contribution in [0, 0.1) is 0 Å². The zero-order valence-electron chi connectivity index (χ0n) is 73.7. The van der Waals surface area contributed by atoms with Gasteiger partial charge in [0.2, 0.25) is 41.4 Å². The number of carbonyl (C=O) groups is 25. The summed E-state index contributed by atoms with van der Waals surface area (Å²) < 4.78 is 70.1. The minimum absolute atomic E-state index is 0.0314. The molecule has 10 N–H and O–H groups in total. The summed E-state index contributed by atoms with van der Waals surface area (Å²) in [5.41, 5.74) is 6.88. The van der Waals surface area contributed by atoms with Crippen molar-refractivity contribution in [3.05, 3.63) is 0 Å². The van der Waals surface area contributed by atoms with Crippen LogP contribution < -0.4 is 38.1 Å². The van der Waals surface area contributed by atoms with Crippen molar-refractivity contribution in [3.8, 4) is 0 Å². The molecule has 0 aliphatic carbocycles. The van der Waals surface area contributed by atoms with Gasteiger partial charge in [-0.15, -0.1) is 10.1 Å². The number of alkyl carbamates (subject to hydrolysis) is 2. The van der Waals surface area contributed by atoms with Gasteiger partial charge in [0.15, 0.2) is 17.3 Å². The van der Waals surface area contributed by atoms with Crippen molar-refractivity contribution in [3.63, 3.8) is 0 Å². The average molecular weight is 1830 g/mol. The van der Waals surface area contributed by atoms with Gasteiger partial charge in [0.05, 0.1) is 74.0 Å². The summed E-state index contributed by atoms with van der Waals surface area (Å²) in [7, 11) is 4.35. The number of hydroxylamine groups is 4. The molecule has 127 heavy (non-hydrogen) atoms. The highest BCUT2D eigenvalue weighted by Gasteiger charge is 2.39. The first-order valence-electron chi connectivity index (χ1n) is 38.5. The Kier molecular flexibility index (Phi) is 55.7. The molecule has 0 aromatic heterocycles. The standard InChI is InChI=1S/C33H53N5O14.2C19H27N3O10.C2HF3O2.C2H8N2/c1-32(2,3)51-28(45)14-12-24(41)35-17-27(44)38(21-30(47)50-8)19-25(42)34-15-9-10-23(40)18-37(20-29(46)49-7)26(43)13-11-22(39)16-36-31(48)52-33(4,5)6;1-19(2,3)31-16(27)8-5-12(23)20-9-15(26)21(10-17(28)30-4)11-18(29)32-22-13(24)6-7-14(22)25;1-19(2,3)31-18(29)20-9-12(23)5-6-13(24)21(10-16(27)30-4)11-17(28)32-22-14(25)7-8-15(22)26;3-2(4,5)1(6)7;3-1-2-4/h9-21H2,1-8H3,(H,34,42)(H,35,41)(H,36,48);5-11H2,1-4H3,(H,20,23);5-11H2,1-4H3,(H,20,29);(H,6,7);1-4H2. The number of nitrogens with one attached hydrogen (secondary N) is 5. The SMILES string of the molecule is COC(=O)CN(CC(=O)CCCNC(=O)CN(CC(=O)OC)C(=O)CNC(=O)CCC(=O)OC(C)(C)C)C(=O)CCC(=O)CNC(=O)OC(C)(C)C.COC(=O)CN(CC(=O)ON1C(=O)CCC1=O)C(=O)CCC(=O)CNC(=O)OC(C)(C)C.COC(=O)CN(CC(=O)ON1C(=O)CCC1=O)C(=O)CNC(=O)CCC(=O)OC(C)(C)C.NCCN.O=C(O)C(F)(F)F. The van der Waals surface area contributed by atoms with Crippen molar-refractivity contribution in [2.45, 2.75) is 202 Å². The van der Waals surface area contributed by atoms with E-state index in [0.717, 1.165) is 48.0 Å². The zero-order valence-corrected chi connectivity index (χ0v) is 73.7. The molecule has 0 atom stereocenters. The van der Waals surface area contributed by atoms with Gasteiger partial charge in [-0.2, -0.15) is 13.2 Å². The largest absolute Gasteiger partial charge is 0.490 e. The number of carboxylic acids is 1. The van der Waals surface area contributed by atoms with E-state index in [-0.39, 0.29) is 110 Å². The Labute approximate surface area is 727 Å². The number of methoxy groups -OCH3 is 4. The van der Waals surface area contributed by atoms with Crippen LogP contribution in [0.2, 0.25) is 0 Å². The van der Waals surface area contributed by atoms with Gasteiger partial charge < -0.3 is 110 Å². The first-order valence-corrected chi connectivity index (χ1v) is 38.5. The van der Waals surface area contributed by atoms with E-state index < -0.39 is 242 Å². The number of Topliss-reactive ketones (excluding diaryl/α,β-unsaturated/α-hetero) is 3. The van der Waals surface area contributed by atoms with E-state index in [1.54, 1.807) is 83.1 Å². The Bertz CT molecular complexity index is 3600. The Morgan fingerprint density at radius 3 is 0.906 bits per heavy atom. The molecular formula is C75H116F3N13O36. The molecule has 0 aromatic carbocycles. The number of carboxylic acid groups (broad SMARTS) is 1. The third-order valence-corrected chi connectivity index (χ3v) is 14.4. The van der Waals surface area contributed by atoms with Crippen LogP contribution in [0.3, 0.4) is 0 Å². The van der Waals surface area contributed by atoms with E-state index >= 15 is 0 Å². The summed E-state index contributed by atoms with van der Waals surface area (Å²) in [5, 5.41) is 19.4. The predicted octanol–water partition coefficient (Wildman–Crippen LogP) is -2.59. The highest BCUT2D eigenvalue weighted by molar-refractivity contribution is 6.03. The summed E-state index contributed by atoms with van der Waals surface area (Å²) >= 11 is 0. The minimum Gasteiger partial charge on any atom is -0.475 e. The van der Waals surface area contributed by atoms with Gasteiger partial charge >= 0.3 is 72.1 Å². The average Bonchev–Trinajstić information content (AvgIpc) is 1.73. The second-order valence-electron chi connectivity index (χ2n) is 30.3. The van der Waals surface area contributed by atoms with Crippen LogP contribution in [0.25, 0.3) is 0 Å². The second-order valence-corrected chi connectivity index (χ2v) is 30.3. The number of ether oxygens (including phenoxy) is 8. The fourth-order valence-electron chi connectivity index (χ4n) is 8.65. The van der Waals surface area contributed by atoms with Crippen molar-refractivity contribution < 1.29 is 186 Å². The number of imide groups is 2. The van der Waals surface area contributed by atoms with Crippen molar-refractivity contribution in [1.82, 2.24) is 56.3 Å². The molecule has 2 fully saturated rings. The third kappa shape index (κ3) is 61.1. The Morgan fingerprint density at radius 2 is 0.622 bits per heavy atom. The number of nitrogens with zero attached hydrogens (tertiary/aromatic N) is 6. The lowest BCUT2D eigenvalue weighted by atomic mass is 10.1. The van der Waals surface area contributed by atoms with Crippen LogP contribution in [0.4, 0.5) is 22.8 Å². The van der Waals surface area contributed by atoms with Gasteiger partial charge in [-0.05, 0) is 89.5 Å². The number of nitrogens with two attached hydrogens (primary N) is 2. The first-order chi connectivity index (χ1) is 58.5. The molecule has 0 spiro atoms. The highest BCUT2D eigenvalue weighted by atomic mass is 19.4. The van der Waals surface area contributed by atoms with E-state index in [1.807, 2.05) is 0 Å². The van der Waals surface area contributed by atoms with E-state index in [9.17, 15) is 128 Å². The molecule has 2 aliphatic rings. The van der Waals surface area contributed by atoms with Gasteiger partial charge in [-0.3, -0.25) is 95.9 Å². The lowest BCUT2D eigenvalue weighted by Crippen LogP contribution is -2.47. The molecule has 49 nitrogen and oxygen atoms in total. The van der Waals surface area contributed by atoms with E-state index in [2.05, 4.69) is 55.2 Å². The van der Waals surface area contributed by atoms with Crippen LogP contribution in [-0.4, -0.2) is 338 Å². The van der Waals surface area contributed by atoms with Crippen LogP contribution in [-0.2, 0) is 158 Å². The van der Waals surface area contributed by atoms with Gasteiger partial charge in [0, 0.05) is 90.3 Å². The molecule has 2 aliphatic heterocycles. The number of halogens is 3. The predicted molar refractivity (Wildman–Crippen MR) is 421 cm³/mol. The second kappa shape index (κ2) is 59.8. The van der Waals surface area contributed by atoms with Crippen molar-refractivity contribution >= 4 is 148 Å². The topological polar surface area (TPSA) is 671 Å². The quantitative estimate of drug-likeness (QED) is 0.0134. The Hall–Kier alpha value is -12.9. The molecule has 2 rings (SSSR count). The van der Waals surface area contributed by atoms with Crippen LogP contribution >= 0.6 is 0 Å². The molecule has 0 bridgehead atoms. The molecule has 0 unspecified atom stereocenters. The van der Waals surface area contributed by atoms with Crippen LogP contribution in [0.1, 0.15) is 173 Å². The Balaban J connectivity index is -0.00000177. The number of hydrogen-bond acceptors (Lipinski definition) is 37. The third-order valence-electron chi connectivity index (χ3n) is 14.4. The zero-order chi connectivity index (χ0) is 98.5. The normalized spacial score (nSPS) is 12.1. The van der Waals surface area contributed by atoms with Gasteiger partial charge in [-0.25, -0.2) is 24.0 Å². The summed E-state index contributed by atoms with van der Waals surface area (Å²) in [6.45, 7) is 14.3. The maximum absolute atomic E-state index is 12.8. The highest BCUT2D eigenvalue weighted by Crippen LogP contribution is 2.17. The van der Waals surface area contributed by atoms with Crippen molar-refractivity contribution in [2.24, 2.45) is 11.5 Å². The number of hydrogen-bond donors (Lipinski definition) is 8. The van der Waals surface area contributed by atoms with Gasteiger partial charge in [0.1, 0.15) is 68.2 Å². The van der Waals surface area contributed by atoms with E-state index in [1.165, 1.54) is 0 Å². The molecule has 13 amide bonds.